The molecule has 0 radical (unpaired) electrons. The van der Waals surface area contributed by atoms with E-state index in [0.29, 0.717) is 6.04 Å². The second kappa shape index (κ2) is 10.4. The maximum atomic E-state index is 4.30. The molecule has 0 amide bonds. The highest BCUT2D eigenvalue weighted by Gasteiger charge is 2.22. The summed E-state index contributed by atoms with van der Waals surface area (Å²) in [6.45, 7) is 6.34. The Hall–Kier alpha value is -0.340. The highest BCUT2D eigenvalue weighted by molar-refractivity contribution is 14.0. The lowest BCUT2D eigenvalue weighted by atomic mass is 10.2. The first-order chi connectivity index (χ1) is 10.2. The molecule has 1 aliphatic rings. The number of rotatable bonds is 5. The van der Waals surface area contributed by atoms with E-state index in [1.165, 1.54) is 24.9 Å². The van der Waals surface area contributed by atoms with Crippen LogP contribution in [0.5, 0.6) is 0 Å². The monoisotopic (exact) mass is 480 g/mol. The van der Waals surface area contributed by atoms with Gasteiger partial charge in [-0.15, -0.1) is 24.0 Å². The van der Waals surface area contributed by atoms with Gasteiger partial charge in [0.15, 0.2) is 5.96 Å². The van der Waals surface area contributed by atoms with E-state index >= 15 is 0 Å². The molecule has 4 nitrogen and oxygen atoms in total. The zero-order chi connectivity index (χ0) is 15.1. The van der Waals surface area contributed by atoms with Crippen molar-refractivity contribution in [3.05, 3.63) is 34.3 Å². The average molecular weight is 481 g/mol. The molecule has 1 fully saturated rings. The summed E-state index contributed by atoms with van der Waals surface area (Å²) in [5, 5.41) is 6.82. The lowest BCUT2D eigenvalue weighted by Crippen LogP contribution is -2.44. The molecular formula is C16H26BrIN4. The summed E-state index contributed by atoms with van der Waals surface area (Å²) in [5.74, 6) is 0.873. The van der Waals surface area contributed by atoms with E-state index in [4.69, 9.17) is 0 Å². The van der Waals surface area contributed by atoms with E-state index in [-0.39, 0.29) is 24.0 Å². The Labute approximate surface area is 159 Å². The molecule has 1 aliphatic heterocycles. The molecule has 1 heterocycles. The Balaban J connectivity index is 0.00000242. The maximum Gasteiger partial charge on any atom is 0.191 e. The molecule has 1 atom stereocenters. The van der Waals surface area contributed by atoms with Gasteiger partial charge in [0.1, 0.15) is 0 Å². The third kappa shape index (κ3) is 6.04. The zero-order valence-electron chi connectivity index (χ0n) is 13.3. The maximum absolute atomic E-state index is 4.30. The van der Waals surface area contributed by atoms with Crippen LogP contribution in [0.3, 0.4) is 0 Å². The molecule has 1 aromatic carbocycles. The molecule has 0 aromatic heterocycles. The third-order valence-corrected chi connectivity index (χ3v) is 4.48. The van der Waals surface area contributed by atoms with E-state index in [1.54, 1.807) is 0 Å². The molecule has 6 heteroatoms. The third-order valence-electron chi connectivity index (χ3n) is 3.98. The van der Waals surface area contributed by atoms with Gasteiger partial charge in [0.25, 0.3) is 0 Å². The van der Waals surface area contributed by atoms with Gasteiger partial charge in [-0.05, 0) is 43.6 Å². The van der Waals surface area contributed by atoms with Gasteiger partial charge in [0.2, 0.25) is 0 Å². The number of nitrogens with zero attached hydrogens (tertiary/aromatic N) is 2. The van der Waals surface area contributed by atoms with Crippen LogP contribution in [0.15, 0.2) is 33.7 Å². The Morgan fingerprint density at radius 1 is 1.41 bits per heavy atom. The molecule has 0 spiro atoms. The van der Waals surface area contributed by atoms with Crippen LogP contribution in [0.2, 0.25) is 0 Å². The van der Waals surface area contributed by atoms with Gasteiger partial charge in [0, 0.05) is 30.7 Å². The quantitative estimate of drug-likeness (QED) is 0.386. The molecule has 1 saturated heterocycles. The molecule has 2 N–H and O–H groups in total. The first-order valence-corrected chi connectivity index (χ1v) is 8.45. The van der Waals surface area contributed by atoms with Crippen LogP contribution in [-0.2, 0) is 6.54 Å². The Bertz CT molecular complexity index is 481. The molecule has 0 saturated carbocycles. The first-order valence-electron chi connectivity index (χ1n) is 7.66. The molecule has 124 valence electrons. The second-order valence-corrected chi connectivity index (χ2v) is 6.28. The number of benzene rings is 1. The average Bonchev–Trinajstić information content (AvgIpc) is 2.95. The molecule has 2 rings (SSSR count). The summed E-state index contributed by atoms with van der Waals surface area (Å²) in [7, 11) is 1.82. The predicted octanol–water partition coefficient (Wildman–Crippen LogP) is 3.22. The van der Waals surface area contributed by atoms with E-state index in [9.17, 15) is 0 Å². The minimum Gasteiger partial charge on any atom is -0.355 e. The van der Waals surface area contributed by atoms with Crippen LogP contribution < -0.4 is 10.6 Å². The van der Waals surface area contributed by atoms with Gasteiger partial charge in [-0.3, -0.25) is 9.89 Å². The Morgan fingerprint density at radius 3 is 2.91 bits per heavy atom. The van der Waals surface area contributed by atoms with E-state index in [2.05, 4.69) is 61.6 Å². The smallest absolute Gasteiger partial charge is 0.191 e. The summed E-state index contributed by atoms with van der Waals surface area (Å²) < 4.78 is 1.11. The fourth-order valence-corrected chi connectivity index (χ4v) is 3.26. The lowest BCUT2D eigenvalue weighted by molar-refractivity contribution is 0.267. The topological polar surface area (TPSA) is 39.7 Å². The molecule has 1 unspecified atom stereocenters. The van der Waals surface area contributed by atoms with Crippen LogP contribution in [0.25, 0.3) is 0 Å². The van der Waals surface area contributed by atoms with Crippen molar-refractivity contribution in [1.82, 2.24) is 15.5 Å². The summed E-state index contributed by atoms with van der Waals surface area (Å²) in [6.07, 6.45) is 2.59. The van der Waals surface area contributed by atoms with Crippen molar-refractivity contribution in [1.29, 1.82) is 0 Å². The Kier molecular flexibility index (Phi) is 9.35. The summed E-state index contributed by atoms with van der Waals surface area (Å²) in [4.78, 5) is 6.84. The van der Waals surface area contributed by atoms with E-state index in [1.807, 2.05) is 13.1 Å². The molecule has 0 bridgehead atoms. The molecule has 0 aliphatic carbocycles. The van der Waals surface area contributed by atoms with Crippen LogP contribution in [0, 0.1) is 0 Å². The molecule has 1 aromatic rings. The number of hydrogen-bond acceptors (Lipinski definition) is 2. The van der Waals surface area contributed by atoms with E-state index < -0.39 is 0 Å². The largest absolute Gasteiger partial charge is 0.355 e. The van der Waals surface area contributed by atoms with Crippen LogP contribution >= 0.6 is 39.9 Å². The van der Waals surface area contributed by atoms with Gasteiger partial charge in [-0.1, -0.05) is 35.0 Å². The first kappa shape index (κ1) is 19.7. The van der Waals surface area contributed by atoms with Gasteiger partial charge < -0.3 is 10.6 Å². The number of nitrogens with one attached hydrogen (secondary N) is 2. The highest BCUT2D eigenvalue weighted by Crippen LogP contribution is 2.15. The predicted molar refractivity (Wildman–Crippen MR) is 108 cm³/mol. The van der Waals surface area contributed by atoms with Gasteiger partial charge in [0.05, 0.1) is 0 Å². The summed E-state index contributed by atoms with van der Waals surface area (Å²) >= 11 is 3.50. The fourth-order valence-electron chi connectivity index (χ4n) is 2.81. The molecule has 22 heavy (non-hydrogen) atoms. The van der Waals surface area contributed by atoms with Crippen molar-refractivity contribution in [2.45, 2.75) is 32.4 Å². The van der Waals surface area contributed by atoms with Gasteiger partial charge in [-0.25, -0.2) is 0 Å². The zero-order valence-corrected chi connectivity index (χ0v) is 17.2. The van der Waals surface area contributed by atoms with Crippen LogP contribution in [-0.4, -0.2) is 43.6 Å². The summed E-state index contributed by atoms with van der Waals surface area (Å²) in [6, 6.07) is 8.96. The van der Waals surface area contributed by atoms with Gasteiger partial charge >= 0.3 is 0 Å². The van der Waals surface area contributed by atoms with Crippen molar-refractivity contribution in [3.63, 3.8) is 0 Å². The molecular weight excluding hydrogens is 455 g/mol. The minimum absolute atomic E-state index is 0. The highest BCUT2D eigenvalue weighted by atomic mass is 127. The fraction of sp³-hybridized carbons (Fsp3) is 0.562. The van der Waals surface area contributed by atoms with Crippen molar-refractivity contribution in [3.8, 4) is 0 Å². The van der Waals surface area contributed by atoms with E-state index in [0.717, 1.165) is 30.1 Å². The van der Waals surface area contributed by atoms with Crippen molar-refractivity contribution in [2.24, 2.45) is 4.99 Å². The number of likely N-dealkylation sites (N-methyl/N-ethyl adjacent to an activating group) is 1. The van der Waals surface area contributed by atoms with Crippen molar-refractivity contribution < 1.29 is 0 Å². The Morgan fingerprint density at radius 2 is 2.23 bits per heavy atom. The lowest BCUT2D eigenvalue weighted by Gasteiger charge is -2.24. The standard InChI is InChI=1S/C16H25BrN4.HI/c1-3-21-9-5-8-15(21)12-20-16(18-2)19-11-13-6-4-7-14(17)10-13;/h4,6-7,10,15H,3,5,8-9,11-12H2,1-2H3,(H2,18,19,20);1H. The number of aliphatic imine (C=N–C) groups is 1. The normalized spacial score (nSPS) is 18.9. The van der Waals surface area contributed by atoms with Crippen molar-refractivity contribution in [2.75, 3.05) is 26.7 Å². The van der Waals surface area contributed by atoms with Crippen LogP contribution in [0.1, 0.15) is 25.3 Å². The number of likely N-dealkylation sites (tertiary alicyclic amines) is 1. The SMILES string of the molecule is CCN1CCCC1CNC(=NC)NCc1cccc(Br)c1.I. The van der Waals surface area contributed by atoms with Gasteiger partial charge in [-0.2, -0.15) is 0 Å². The second-order valence-electron chi connectivity index (χ2n) is 5.36. The summed E-state index contributed by atoms with van der Waals surface area (Å²) in [5.41, 5.74) is 1.24. The van der Waals surface area contributed by atoms with Crippen LogP contribution in [0.4, 0.5) is 0 Å². The number of guanidine groups is 1. The van der Waals surface area contributed by atoms with Crippen molar-refractivity contribution >= 4 is 45.9 Å². The number of hydrogen-bond donors (Lipinski definition) is 2. The number of halogens is 2. The minimum atomic E-state index is 0.